The van der Waals surface area contributed by atoms with Crippen molar-refractivity contribution in [3.05, 3.63) is 42.0 Å². The van der Waals surface area contributed by atoms with Crippen molar-refractivity contribution in [1.29, 1.82) is 0 Å². The van der Waals surface area contributed by atoms with Gasteiger partial charge in [0, 0.05) is 32.3 Å². The Morgan fingerprint density at radius 1 is 0.949 bits per heavy atom. The zero-order valence-corrected chi connectivity index (χ0v) is 39.1. The normalized spacial score (nSPS) is 16.5. The highest BCUT2D eigenvalue weighted by atomic mass is 28.4. The summed E-state index contributed by atoms with van der Waals surface area (Å²) >= 11 is 0. The Labute approximate surface area is 357 Å². The summed E-state index contributed by atoms with van der Waals surface area (Å²) in [6.45, 7) is 21.1. The van der Waals surface area contributed by atoms with E-state index in [0.717, 1.165) is 50.5 Å². The SMILES string of the molecule is CC#CCOc1ccc(C[C@H](NC(=O)[C@@H](C=CCCCCCCC2(CCCCCCC)OCCO2)[C@@](O)(CCO[Si](C)(C)C(C)(C)C)C(=O)OC(C)(C)C)C(N)=O)cc1. The molecule has 0 unspecified atom stereocenters. The molecule has 59 heavy (non-hydrogen) atoms. The lowest BCUT2D eigenvalue weighted by molar-refractivity contribution is -0.185. The van der Waals surface area contributed by atoms with Crippen LogP contribution in [-0.2, 0) is 39.4 Å². The fourth-order valence-electron chi connectivity index (χ4n) is 6.68. The highest BCUT2D eigenvalue weighted by Gasteiger charge is 2.50. The van der Waals surface area contributed by atoms with E-state index in [-0.39, 0.29) is 31.1 Å². The maximum atomic E-state index is 14.3. The molecule has 0 aliphatic carbocycles. The average molecular weight is 843 g/mol. The molecule has 0 radical (unpaired) electrons. The molecule has 1 aliphatic heterocycles. The summed E-state index contributed by atoms with van der Waals surface area (Å²) in [5, 5.41) is 15.1. The molecule has 2 rings (SSSR count). The molecular formula is C47H78N2O9Si. The van der Waals surface area contributed by atoms with Crippen molar-refractivity contribution in [3.8, 4) is 17.6 Å². The monoisotopic (exact) mass is 843 g/mol. The Hall–Kier alpha value is -3.21. The van der Waals surface area contributed by atoms with Crippen LogP contribution in [0.4, 0.5) is 0 Å². The molecule has 12 heteroatoms. The second-order valence-electron chi connectivity index (χ2n) is 18.4. The number of hydrogen-bond donors (Lipinski definition) is 3. The first-order chi connectivity index (χ1) is 27.7. The van der Waals surface area contributed by atoms with Crippen molar-refractivity contribution in [1.82, 2.24) is 5.32 Å². The molecule has 1 saturated heterocycles. The Morgan fingerprint density at radius 2 is 1.54 bits per heavy atom. The predicted octanol–water partition coefficient (Wildman–Crippen LogP) is 8.70. The minimum atomic E-state index is -2.31. The smallest absolute Gasteiger partial charge is 0.339 e. The number of hydrogen-bond acceptors (Lipinski definition) is 9. The zero-order chi connectivity index (χ0) is 44.2. The number of rotatable bonds is 27. The van der Waals surface area contributed by atoms with Crippen molar-refractivity contribution in [2.24, 2.45) is 11.7 Å². The summed E-state index contributed by atoms with van der Waals surface area (Å²) < 4.78 is 30.0. The summed E-state index contributed by atoms with van der Waals surface area (Å²) in [6.07, 6.45) is 15.5. The van der Waals surface area contributed by atoms with Gasteiger partial charge in [0.1, 0.15) is 24.0 Å². The molecule has 334 valence electrons. The van der Waals surface area contributed by atoms with E-state index in [1.807, 2.05) is 6.08 Å². The molecular weight excluding hydrogens is 765 g/mol. The predicted molar refractivity (Wildman–Crippen MR) is 237 cm³/mol. The van der Waals surface area contributed by atoms with Gasteiger partial charge in [0.25, 0.3) is 0 Å². The van der Waals surface area contributed by atoms with Crippen LogP contribution in [0.3, 0.4) is 0 Å². The van der Waals surface area contributed by atoms with Crippen LogP contribution in [0.25, 0.3) is 0 Å². The van der Waals surface area contributed by atoms with E-state index in [4.69, 9.17) is 29.1 Å². The zero-order valence-electron chi connectivity index (χ0n) is 38.1. The first-order valence-electron chi connectivity index (χ1n) is 21.9. The summed E-state index contributed by atoms with van der Waals surface area (Å²) in [5.74, 6) is 1.94. The number of allylic oxidation sites excluding steroid dienone is 1. The summed E-state index contributed by atoms with van der Waals surface area (Å²) in [7, 11) is -2.29. The second kappa shape index (κ2) is 24.9. The topological polar surface area (TPSA) is 156 Å². The van der Waals surface area contributed by atoms with E-state index in [0.29, 0.717) is 25.4 Å². The molecule has 3 atom stereocenters. The lowest BCUT2D eigenvalue weighted by atomic mass is 9.82. The number of nitrogens with one attached hydrogen (secondary N) is 1. The standard InChI is InChI=1S/C47H78N2O9Si/c1-11-13-15-19-22-29-46(55-34-35-56-46)30-23-20-17-16-18-21-24-39(47(53,43(52)58-44(3,4)5)31-33-57-59(9,10)45(6,7)8)42(51)49-40(41(48)50)36-37-25-27-38(28-26-37)54-32-14-12-2/h21,24-28,39-40,53H,11,13,15-20,22-23,29-36H2,1-10H3,(H2,48,50)(H,49,51)/t39-,40+,47+/m1/s1. The van der Waals surface area contributed by atoms with E-state index in [2.05, 4.69) is 57.9 Å². The van der Waals surface area contributed by atoms with Gasteiger partial charge in [-0.25, -0.2) is 4.79 Å². The second-order valence-corrected chi connectivity index (χ2v) is 23.3. The number of nitrogens with two attached hydrogens (primary N) is 1. The van der Waals surface area contributed by atoms with Crippen molar-refractivity contribution in [2.45, 2.75) is 186 Å². The first kappa shape index (κ1) is 51.9. The maximum absolute atomic E-state index is 14.3. The lowest BCUT2D eigenvalue weighted by Crippen LogP contribution is -2.57. The molecule has 4 N–H and O–H groups in total. The third-order valence-corrected chi connectivity index (χ3v) is 15.8. The third-order valence-electron chi connectivity index (χ3n) is 11.3. The molecule has 1 aliphatic rings. The number of unbranched alkanes of at least 4 members (excludes halogenated alkanes) is 8. The van der Waals surface area contributed by atoms with Crippen LogP contribution in [0, 0.1) is 17.8 Å². The molecule has 1 aromatic carbocycles. The van der Waals surface area contributed by atoms with Gasteiger partial charge in [-0.1, -0.05) is 96.4 Å². The number of amides is 2. The van der Waals surface area contributed by atoms with E-state index in [1.54, 1.807) is 58.0 Å². The van der Waals surface area contributed by atoms with Crippen molar-refractivity contribution < 1.29 is 42.9 Å². The van der Waals surface area contributed by atoms with Gasteiger partial charge in [-0.05, 0) is 89.2 Å². The van der Waals surface area contributed by atoms with E-state index < -0.39 is 55.1 Å². The largest absolute Gasteiger partial charge is 0.481 e. The van der Waals surface area contributed by atoms with E-state index in [1.165, 1.54) is 25.7 Å². The van der Waals surface area contributed by atoms with Gasteiger partial charge in [0.05, 0.1) is 19.1 Å². The van der Waals surface area contributed by atoms with Crippen LogP contribution in [0.5, 0.6) is 5.75 Å². The number of ether oxygens (including phenoxy) is 4. The number of aliphatic hydroxyl groups is 1. The Bertz CT molecular complexity index is 1510. The fraction of sp³-hybridized carbons (Fsp3) is 0.723. The van der Waals surface area contributed by atoms with Gasteiger partial charge in [0.15, 0.2) is 19.7 Å². The third kappa shape index (κ3) is 18.5. The molecule has 1 fully saturated rings. The maximum Gasteiger partial charge on any atom is 0.339 e. The minimum absolute atomic E-state index is 0.0228. The summed E-state index contributed by atoms with van der Waals surface area (Å²) in [6, 6.07) is 5.95. The molecule has 0 spiro atoms. The van der Waals surface area contributed by atoms with Gasteiger partial charge in [-0.2, -0.15) is 0 Å². The van der Waals surface area contributed by atoms with Gasteiger partial charge in [-0.15, -0.1) is 5.92 Å². The molecule has 11 nitrogen and oxygen atoms in total. The van der Waals surface area contributed by atoms with Crippen LogP contribution in [0.2, 0.25) is 18.1 Å². The number of esters is 1. The quantitative estimate of drug-likeness (QED) is 0.0259. The van der Waals surface area contributed by atoms with Gasteiger partial charge in [-0.3, -0.25) is 9.59 Å². The molecule has 1 heterocycles. The van der Waals surface area contributed by atoms with Gasteiger partial charge in [0.2, 0.25) is 11.8 Å². The molecule has 0 aromatic heterocycles. The van der Waals surface area contributed by atoms with Gasteiger partial charge >= 0.3 is 5.97 Å². The van der Waals surface area contributed by atoms with Crippen LogP contribution in [0.1, 0.15) is 144 Å². The average Bonchev–Trinajstić information content (AvgIpc) is 3.61. The highest BCUT2D eigenvalue weighted by Crippen LogP contribution is 2.38. The number of primary amides is 1. The number of carbonyl (C=O) groups is 3. The fourth-order valence-corrected chi connectivity index (χ4v) is 7.72. The van der Waals surface area contributed by atoms with Crippen LogP contribution >= 0.6 is 0 Å². The molecule has 1 aromatic rings. The lowest BCUT2D eigenvalue weighted by Gasteiger charge is -2.38. The number of carbonyl (C=O) groups excluding carboxylic acids is 3. The van der Waals surface area contributed by atoms with Crippen LogP contribution < -0.4 is 15.8 Å². The Balaban J connectivity index is 2.28. The summed E-state index contributed by atoms with van der Waals surface area (Å²) in [4.78, 5) is 41.1. The Morgan fingerprint density at radius 3 is 2.08 bits per heavy atom. The van der Waals surface area contributed by atoms with Crippen molar-refractivity contribution >= 4 is 26.1 Å². The molecule has 0 saturated carbocycles. The summed E-state index contributed by atoms with van der Waals surface area (Å²) in [5.41, 5.74) is 3.30. The van der Waals surface area contributed by atoms with E-state index >= 15 is 0 Å². The number of benzene rings is 1. The van der Waals surface area contributed by atoms with Gasteiger partial charge < -0.3 is 39.5 Å². The van der Waals surface area contributed by atoms with E-state index in [9.17, 15) is 19.5 Å². The molecule has 0 bridgehead atoms. The Kier molecular flexibility index (Phi) is 21.9. The first-order valence-corrected chi connectivity index (χ1v) is 24.8. The van der Waals surface area contributed by atoms with Crippen LogP contribution in [-0.4, -0.2) is 80.7 Å². The highest BCUT2D eigenvalue weighted by molar-refractivity contribution is 6.74. The van der Waals surface area contributed by atoms with Crippen molar-refractivity contribution in [2.75, 3.05) is 26.4 Å². The minimum Gasteiger partial charge on any atom is -0.481 e. The van der Waals surface area contributed by atoms with Crippen molar-refractivity contribution in [3.63, 3.8) is 0 Å². The molecule has 2 amide bonds. The van der Waals surface area contributed by atoms with Crippen LogP contribution in [0.15, 0.2) is 36.4 Å².